The number of aliphatic imine (C=N–C) groups is 1. The molecule has 0 unspecified atom stereocenters. The molecule has 0 aliphatic heterocycles. The summed E-state index contributed by atoms with van der Waals surface area (Å²) in [6.45, 7) is 6.86. The summed E-state index contributed by atoms with van der Waals surface area (Å²) in [4.78, 5) is 31.2. The highest BCUT2D eigenvalue weighted by Crippen LogP contribution is 2.30. The van der Waals surface area contributed by atoms with Crippen LogP contribution in [0.4, 0.5) is 10.9 Å². The lowest BCUT2D eigenvalue weighted by Crippen LogP contribution is -2.11. The molecule has 8 nitrogen and oxygen atoms in total. The number of hydrogen-bond acceptors (Lipinski definition) is 8. The fourth-order valence-corrected chi connectivity index (χ4v) is 1.98. The fourth-order valence-electron chi connectivity index (χ4n) is 1.15. The van der Waals surface area contributed by atoms with Gasteiger partial charge in [-0.05, 0) is 12.2 Å². The van der Waals surface area contributed by atoms with Crippen molar-refractivity contribution in [1.82, 2.24) is 4.98 Å². The number of anilines is 1. The number of hydrazone groups is 1. The zero-order chi connectivity index (χ0) is 15.8. The maximum atomic E-state index is 11.7. The molecule has 0 aliphatic carbocycles. The summed E-state index contributed by atoms with van der Waals surface area (Å²) in [5, 5.41) is 5.94. The topological polar surface area (TPSA) is 119 Å². The first-order valence-electron chi connectivity index (χ1n) is 5.52. The van der Waals surface area contributed by atoms with Crippen molar-refractivity contribution in [2.45, 2.75) is 0 Å². The van der Waals surface area contributed by atoms with Crippen LogP contribution in [0.2, 0.25) is 0 Å². The second-order valence-corrected chi connectivity index (χ2v) is 4.36. The second-order valence-electron chi connectivity index (χ2n) is 3.38. The van der Waals surface area contributed by atoms with Crippen molar-refractivity contribution in [3.8, 4) is 0 Å². The number of carbonyl (C=O) groups is 2. The third kappa shape index (κ3) is 4.35. The molecule has 0 radical (unpaired) electrons. The molecule has 0 saturated heterocycles. The van der Waals surface area contributed by atoms with Gasteiger partial charge in [0, 0.05) is 0 Å². The molecule has 0 fully saturated rings. The number of amides is 1. The van der Waals surface area contributed by atoms with Gasteiger partial charge in [0.2, 0.25) is 11.0 Å². The summed E-state index contributed by atoms with van der Waals surface area (Å²) < 4.78 is 4.62. The van der Waals surface area contributed by atoms with Crippen molar-refractivity contribution in [2.75, 3.05) is 12.4 Å². The van der Waals surface area contributed by atoms with E-state index >= 15 is 0 Å². The number of nitrogens with two attached hydrogens (primary N) is 1. The van der Waals surface area contributed by atoms with Crippen molar-refractivity contribution in [1.29, 1.82) is 0 Å². The second kappa shape index (κ2) is 7.70. The van der Waals surface area contributed by atoms with Gasteiger partial charge in [-0.15, -0.1) is 0 Å². The molecule has 0 saturated carbocycles. The highest BCUT2D eigenvalue weighted by atomic mass is 32.1. The minimum absolute atomic E-state index is 0.0450. The highest BCUT2D eigenvalue weighted by Gasteiger charge is 2.19. The largest absolute Gasteiger partial charge is 0.465 e. The van der Waals surface area contributed by atoms with E-state index < -0.39 is 11.9 Å². The molecule has 3 N–H and O–H groups in total. The van der Waals surface area contributed by atoms with Crippen LogP contribution in [0.1, 0.15) is 9.67 Å². The van der Waals surface area contributed by atoms with Gasteiger partial charge in [-0.3, -0.25) is 4.79 Å². The number of hydrogen-bond donors (Lipinski definition) is 2. The zero-order valence-electron chi connectivity index (χ0n) is 11.2. The smallest absolute Gasteiger partial charge is 0.352 e. The number of ether oxygens (including phenoxy) is 1. The molecule has 0 atom stereocenters. The summed E-state index contributed by atoms with van der Waals surface area (Å²) in [5.74, 6) is 3.93. The Morgan fingerprint density at radius 3 is 2.67 bits per heavy atom. The first-order chi connectivity index (χ1) is 10.0. The van der Waals surface area contributed by atoms with Gasteiger partial charge in [0.15, 0.2) is 10.7 Å². The van der Waals surface area contributed by atoms with Gasteiger partial charge in [-0.25, -0.2) is 9.79 Å². The summed E-state index contributed by atoms with van der Waals surface area (Å²) in [5.41, 5.74) is 0.351. The van der Waals surface area contributed by atoms with Crippen LogP contribution in [0.25, 0.3) is 0 Å². The van der Waals surface area contributed by atoms with E-state index in [9.17, 15) is 9.59 Å². The zero-order valence-corrected chi connectivity index (χ0v) is 12.0. The Morgan fingerprint density at radius 1 is 1.43 bits per heavy atom. The van der Waals surface area contributed by atoms with E-state index in [2.05, 4.69) is 38.3 Å². The molecule has 1 amide bonds. The lowest BCUT2D eigenvalue weighted by atomic mass is 10.4. The van der Waals surface area contributed by atoms with Crippen LogP contribution in [0.5, 0.6) is 0 Å². The molecule has 110 valence electrons. The third-order valence-electron chi connectivity index (χ3n) is 2.05. The average Bonchev–Trinajstić information content (AvgIpc) is 2.88. The third-order valence-corrected chi connectivity index (χ3v) is 2.98. The Bertz CT molecular complexity index is 633. The molecule has 0 spiro atoms. The molecule has 1 heterocycles. The average molecular weight is 307 g/mol. The van der Waals surface area contributed by atoms with Crippen LogP contribution in [0.15, 0.2) is 35.4 Å². The van der Waals surface area contributed by atoms with Crippen LogP contribution in [0.3, 0.4) is 0 Å². The Labute approximate surface area is 124 Å². The molecule has 1 rings (SSSR count). The van der Waals surface area contributed by atoms with E-state index in [1.54, 1.807) is 0 Å². The molecule has 1 aromatic rings. The molecule has 9 heteroatoms. The monoisotopic (exact) mass is 307 g/mol. The van der Waals surface area contributed by atoms with Crippen LogP contribution in [-0.4, -0.2) is 35.9 Å². The Kier molecular flexibility index (Phi) is 5.96. The molecule has 1 aromatic heterocycles. The van der Waals surface area contributed by atoms with Crippen molar-refractivity contribution >= 4 is 46.1 Å². The number of aromatic nitrogens is 1. The maximum Gasteiger partial charge on any atom is 0.352 e. The van der Waals surface area contributed by atoms with Gasteiger partial charge in [-0.1, -0.05) is 24.5 Å². The lowest BCUT2D eigenvalue weighted by molar-refractivity contribution is -0.111. The van der Waals surface area contributed by atoms with E-state index in [-0.39, 0.29) is 15.8 Å². The van der Waals surface area contributed by atoms with Crippen LogP contribution >= 0.6 is 11.3 Å². The van der Waals surface area contributed by atoms with Gasteiger partial charge in [0.05, 0.1) is 19.0 Å². The number of carbonyl (C=O) groups excluding carboxylic acids is 2. The van der Waals surface area contributed by atoms with Gasteiger partial charge in [-0.2, -0.15) is 10.1 Å². The van der Waals surface area contributed by atoms with Gasteiger partial charge in [0.25, 0.3) is 0 Å². The molecule has 21 heavy (non-hydrogen) atoms. The minimum Gasteiger partial charge on any atom is -0.465 e. The normalized spacial score (nSPS) is 11.2. The van der Waals surface area contributed by atoms with Gasteiger partial charge >= 0.3 is 5.97 Å². The Morgan fingerprint density at radius 2 is 2.14 bits per heavy atom. The molecular formula is C12H13N5O3S. The van der Waals surface area contributed by atoms with Crippen molar-refractivity contribution in [2.24, 2.45) is 15.9 Å². The first kappa shape index (κ1) is 16.2. The number of nitrogens with zero attached hydrogens (tertiary/aromatic N) is 3. The number of rotatable bonds is 6. The summed E-state index contributed by atoms with van der Waals surface area (Å²) in [6.07, 6.45) is 3.74. The Hall–Kier alpha value is -2.81. The number of esters is 1. The Balaban J connectivity index is 3.24. The van der Waals surface area contributed by atoms with E-state index in [4.69, 9.17) is 5.84 Å². The van der Waals surface area contributed by atoms with E-state index in [0.29, 0.717) is 5.71 Å². The van der Waals surface area contributed by atoms with Gasteiger partial charge < -0.3 is 15.9 Å². The van der Waals surface area contributed by atoms with E-state index in [1.807, 2.05) is 0 Å². The first-order valence-corrected chi connectivity index (χ1v) is 6.34. The minimum atomic E-state index is -0.638. The maximum absolute atomic E-state index is 11.7. The van der Waals surface area contributed by atoms with Crippen LogP contribution in [0, 0.1) is 0 Å². The van der Waals surface area contributed by atoms with Crippen molar-refractivity contribution in [3.05, 3.63) is 30.2 Å². The van der Waals surface area contributed by atoms with Gasteiger partial charge in [0.1, 0.15) is 0 Å². The molecule has 0 aliphatic rings. The quantitative estimate of drug-likeness (QED) is 0.269. The number of methoxy groups -OCH3 is 1. The predicted octanol–water partition coefficient (Wildman–Crippen LogP) is 1.26. The molecular weight excluding hydrogens is 294 g/mol. The lowest BCUT2D eigenvalue weighted by Gasteiger charge is -1.99. The number of nitrogens with one attached hydrogen (secondary N) is 1. The highest BCUT2D eigenvalue weighted by molar-refractivity contribution is 7.17. The summed E-state index contributed by atoms with van der Waals surface area (Å²) >= 11 is 0.942. The van der Waals surface area contributed by atoms with Crippen molar-refractivity contribution in [3.63, 3.8) is 0 Å². The number of allylic oxidation sites excluding steroid dienone is 1. The predicted molar refractivity (Wildman–Crippen MR) is 82.3 cm³/mol. The summed E-state index contributed by atoms with van der Waals surface area (Å²) in [6, 6.07) is 0. The van der Waals surface area contributed by atoms with Crippen LogP contribution in [-0.2, 0) is 9.53 Å². The summed E-state index contributed by atoms with van der Waals surface area (Å²) in [7, 11) is 1.22. The van der Waals surface area contributed by atoms with E-state index in [0.717, 1.165) is 17.4 Å². The SMILES string of the molecule is C=CC(=O)Nc1nc(N=C(C=C)C=NN)sc1C(=O)OC. The fraction of sp³-hybridized carbons (Fsp3) is 0.0833. The van der Waals surface area contributed by atoms with Crippen molar-refractivity contribution < 1.29 is 14.3 Å². The molecule has 0 aromatic carbocycles. The standard InChI is InChI=1S/C12H13N5O3S/c1-4-7(6-14-13)15-12-17-10(16-8(18)5-2)9(21-12)11(19)20-3/h4-6H,1-2,13H2,3H3,(H,16,18). The van der Waals surface area contributed by atoms with Crippen LogP contribution < -0.4 is 11.2 Å². The number of thiazole rings is 1. The van der Waals surface area contributed by atoms with E-state index in [1.165, 1.54) is 19.4 Å². The molecule has 0 bridgehead atoms.